The number of rotatable bonds is 3. The second-order valence-corrected chi connectivity index (χ2v) is 5.64. The van der Waals surface area contributed by atoms with Crippen LogP contribution in [0.1, 0.15) is 27.5 Å². The molecule has 0 aliphatic rings. The molecule has 21 heavy (non-hydrogen) atoms. The Labute approximate surface area is 129 Å². The smallest absolute Gasteiger partial charge is 0.339 e. The molecule has 2 aromatic heterocycles. The summed E-state index contributed by atoms with van der Waals surface area (Å²) in [6, 6.07) is 7.14. The van der Waals surface area contributed by atoms with E-state index in [1.54, 1.807) is 22.9 Å². The molecule has 0 aliphatic heterocycles. The van der Waals surface area contributed by atoms with Crippen LogP contribution >= 0.6 is 15.9 Å². The molecule has 0 unspecified atom stereocenters. The number of para-hydroxylation sites is 1. The molecule has 0 fully saturated rings. The standard InChI is InChI=1S/C15H13BrN2O3/c1-8-14(16)9(2)18(17-8)7-12-13(15(19)20)10-5-3-4-6-11(10)21-12/h3-6H,7H2,1-2H3,(H,19,20). The van der Waals surface area contributed by atoms with E-state index in [9.17, 15) is 9.90 Å². The monoisotopic (exact) mass is 348 g/mol. The highest BCUT2D eigenvalue weighted by Crippen LogP contribution is 2.28. The number of fused-ring (bicyclic) bond motifs is 1. The average molecular weight is 349 g/mol. The van der Waals surface area contributed by atoms with Gasteiger partial charge in [0.25, 0.3) is 0 Å². The number of aromatic nitrogens is 2. The number of carbonyl (C=O) groups is 1. The number of hydrogen-bond donors (Lipinski definition) is 1. The molecular weight excluding hydrogens is 336 g/mol. The third kappa shape index (κ3) is 2.25. The Balaban J connectivity index is 2.14. The highest BCUT2D eigenvalue weighted by molar-refractivity contribution is 9.10. The van der Waals surface area contributed by atoms with Gasteiger partial charge < -0.3 is 9.52 Å². The van der Waals surface area contributed by atoms with E-state index in [1.807, 2.05) is 19.9 Å². The third-order valence-electron chi connectivity index (χ3n) is 3.47. The van der Waals surface area contributed by atoms with Gasteiger partial charge in [-0.25, -0.2) is 4.79 Å². The molecular formula is C15H13BrN2O3. The predicted molar refractivity (Wildman–Crippen MR) is 81.7 cm³/mol. The topological polar surface area (TPSA) is 68.3 Å². The van der Waals surface area contributed by atoms with Crippen LogP contribution in [-0.4, -0.2) is 20.9 Å². The second-order valence-electron chi connectivity index (χ2n) is 4.84. The Bertz CT molecular complexity index is 848. The van der Waals surface area contributed by atoms with Gasteiger partial charge in [0, 0.05) is 5.39 Å². The van der Waals surface area contributed by atoms with Gasteiger partial charge in [-0.15, -0.1) is 0 Å². The molecule has 3 aromatic rings. The molecule has 0 radical (unpaired) electrons. The van der Waals surface area contributed by atoms with Crippen molar-refractivity contribution < 1.29 is 14.3 Å². The first-order valence-electron chi connectivity index (χ1n) is 6.42. The lowest BCUT2D eigenvalue weighted by atomic mass is 10.1. The SMILES string of the molecule is Cc1nn(Cc2oc3ccccc3c2C(=O)O)c(C)c1Br. The van der Waals surface area contributed by atoms with Crippen LogP contribution in [0.15, 0.2) is 33.2 Å². The predicted octanol–water partition coefficient (Wildman–Crippen LogP) is 3.76. The molecule has 3 rings (SSSR count). The van der Waals surface area contributed by atoms with Crippen molar-refractivity contribution in [1.82, 2.24) is 9.78 Å². The summed E-state index contributed by atoms with van der Waals surface area (Å²) >= 11 is 3.47. The number of hydrogen-bond acceptors (Lipinski definition) is 3. The number of benzene rings is 1. The van der Waals surface area contributed by atoms with E-state index in [0.717, 1.165) is 15.9 Å². The fourth-order valence-corrected chi connectivity index (χ4v) is 2.69. The number of halogens is 1. The third-order valence-corrected chi connectivity index (χ3v) is 4.62. The zero-order valence-electron chi connectivity index (χ0n) is 11.6. The molecule has 0 saturated heterocycles. The van der Waals surface area contributed by atoms with E-state index in [4.69, 9.17) is 4.42 Å². The van der Waals surface area contributed by atoms with Crippen molar-refractivity contribution in [3.63, 3.8) is 0 Å². The van der Waals surface area contributed by atoms with Crippen LogP contribution in [0.3, 0.4) is 0 Å². The Morgan fingerprint density at radius 2 is 2.10 bits per heavy atom. The van der Waals surface area contributed by atoms with Crippen molar-refractivity contribution in [1.29, 1.82) is 0 Å². The largest absolute Gasteiger partial charge is 0.478 e. The van der Waals surface area contributed by atoms with Crippen LogP contribution in [0.4, 0.5) is 0 Å². The van der Waals surface area contributed by atoms with Crippen molar-refractivity contribution >= 4 is 32.9 Å². The van der Waals surface area contributed by atoms with Gasteiger partial charge in [0.05, 0.1) is 15.9 Å². The molecule has 108 valence electrons. The number of carboxylic acid groups (broad SMARTS) is 1. The van der Waals surface area contributed by atoms with Crippen molar-refractivity contribution in [2.45, 2.75) is 20.4 Å². The highest BCUT2D eigenvalue weighted by Gasteiger charge is 2.21. The first-order valence-corrected chi connectivity index (χ1v) is 7.21. The number of furan rings is 1. The normalized spacial score (nSPS) is 11.2. The molecule has 0 saturated carbocycles. The van der Waals surface area contributed by atoms with Crippen molar-refractivity contribution in [2.24, 2.45) is 0 Å². The minimum atomic E-state index is -0.990. The number of carboxylic acids is 1. The molecule has 2 heterocycles. The van der Waals surface area contributed by atoms with Crippen LogP contribution in [0, 0.1) is 13.8 Å². The second kappa shape index (κ2) is 5.04. The summed E-state index contributed by atoms with van der Waals surface area (Å²) in [6.07, 6.45) is 0. The Morgan fingerprint density at radius 3 is 2.71 bits per heavy atom. The van der Waals surface area contributed by atoms with E-state index < -0.39 is 5.97 Å². The van der Waals surface area contributed by atoms with Crippen molar-refractivity contribution in [3.8, 4) is 0 Å². The zero-order chi connectivity index (χ0) is 15.1. The van der Waals surface area contributed by atoms with Crippen LogP contribution < -0.4 is 0 Å². The van der Waals surface area contributed by atoms with E-state index in [1.165, 1.54) is 0 Å². The minimum Gasteiger partial charge on any atom is -0.478 e. The number of aromatic carboxylic acids is 1. The first kappa shape index (κ1) is 13.9. The van der Waals surface area contributed by atoms with E-state index in [0.29, 0.717) is 16.7 Å². The summed E-state index contributed by atoms with van der Waals surface area (Å²) in [6.45, 7) is 4.10. The molecule has 0 atom stereocenters. The molecule has 1 N–H and O–H groups in total. The summed E-state index contributed by atoms with van der Waals surface area (Å²) < 4.78 is 8.38. The van der Waals surface area contributed by atoms with E-state index in [-0.39, 0.29) is 12.1 Å². The fourth-order valence-electron chi connectivity index (χ4n) is 2.41. The molecule has 6 heteroatoms. The molecule has 0 amide bonds. The van der Waals surface area contributed by atoms with Crippen LogP contribution in [0.25, 0.3) is 11.0 Å². The Morgan fingerprint density at radius 1 is 1.38 bits per heavy atom. The van der Waals surface area contributed by atoms with Crippen LogP contribution in [0.5, 0.6) is 0 Å². The van der Waals surface area contributed by atoms with Crippen LogP contribution in [0.2, 0.25) is 0 Å². The number of aryl methyl sites for hydroxylation is 1. The summed E-state index contributed by atoms with van der Waals surface area (Å²) in [4.78, 5) is 11.5. The molecule has 0 bridgehead atoms. The quantitative estimate of drug-likeness (QED) is 0.782. The maximum Gasteiger partial charge on any atom is 0.339 e. The zero-order valence-corrected chi connectivity index (χ0v) is 13.1. The van der Waals surface area contributed by atoms with Crippen molar-refractivity contribution in [2.75, 3.05) is 0 Å². The van der Waals surface area contributed by atoms with Gasteiger partial charge in [-0.3, -0.25) is 4.68 Å². The summed E-state index contributed by atoms with van der Waals surface area (Å²) in [5.74, 6) is -0.586. The first-order chi connectivity index (χ1) is 9.99. The average Bonchev–Trinajstić information content (AvgIpc) is 2.92. The Kier molecular flexibility index (Phi) is 3.33. The Hall–Kier alpha value is -2.08. The molecule has 0 spiro atoms. The van der Waals surface area contributed by atoms with Gasteiger partial charge in [-0.1, -0.05) is 18.2 Å². The maximum absolute atomic E-state index is 11.5. The summed E-state index contributed by atoms with van der Waals surface area (Å²) in [7, 11) is 0. The van der Waals surface area contributed by atoms with Gasteiger partial charge in [-0.2, -0.15) is 5.10 Å². The fraction of sp³-hybridized carbons (Fsp3) is 0.200. The van der Waals surface area contributed by atoms with Gasteiger partial charge in [0.15, 0.2) is 0 Å². The van der Waals surface area contributed by atoms with Gasteiger partial charge >= 0.3 is 5.97 Å². The molecule has 1 aromatic carbocycles. The van der Waals surface area contributed by atoms with E-state index in [2.05, 4.69) is 21.0 Å². The highest BCUT2D eigenvalue weighted by atomic mass is 79.9. The van der Waals surface area contributed by atoms with Crippen molar-refractivity contribution in [3.05, 3.63) is 51.4 Å². The minimum absolute atomic E-state index is 0.203. The lowest BCUT2D eigenvalue weighted by Gasteiger charge is -2.03. The van der Waals surface area contributed by atoms with Gasteiger partial charge in [0.2, 0.25) is 0 Å². The van der Waals surface area contributed by atoms with E-state index >= 15 is 0 Å². The molecule has 5 nitrogen and oxygen atoms in total. The summed E-state index contributed by atoms with van der Waals surface area (Å²) in [5.41, 5.74) is 2.57. The number of nitrogens with zero attached hydrogens (tertiary/aromatic N) is 2. The lowest BCUT2D eigenvalue weighted by Crippen LogP contribution is -2.07. The summed E-state index contributed by atoms with van der Waals surface area (Å²) in [5, 5.41) is 14.5. The molecule has 0 aliphatic carbocycles. The van der Waals surface area contributed by atoms with Crippen LogP contribution in [-0.2, 0) is 6.54 Å². The lowest BCUT2D eigenvalue weighted by molar-refractivity contribution is 0.0696. The van der Waals surface area contributed by atoms with Gasteiger partial charge in [-0.05, 0) is 35.8 Å². The maximum atomic E-state index is 11.5. The van der Waals surface area contributed by atoms with Gasteiger partial charge in [0.1, 0.15) is 23.5 Å².